The predicted octanol–water partition coefficient (Wildman–Crippen LogP) is 3.04. The van der Waals surface area contributed by atoms with Gasteiger partial charge in [0.25, 0.3) is 0 Å². The number of phosphoric acid groups is 1. The standard InChI is InChI=1S/C24H35N2O8P/c1-4-19-22(24(29)30)21(20(17-27)26(19)16-18-12-8-7-9-13-18)23(28)25-14-10-11-15-34-35(31,32-5-2)33-6-3/h4,7-9,12-13,17,19-22H,1,5-6,10-11,14-16H2,2-3H3,(H,25,28)(H,29,30). The molecule has 2 rings (SSSR count). The number of amides is 1. The summed E-state index contributed by atoms with van der Waals surface area (Å²) in [5.41, 5.74) is 0.896. The van der Waals surface area contributed by atoms with Crippen LogP contribution in [0.15, 0.2) is 43.0 Å². The fourth-order valence-electron chi connectivity index (χ4n) is 4.26. The van der Waals surface area contributed by atoms with Gasteiger partial charge in [-0.25, -0.2) is 4.57 Å². The zero-order chi connectivity index (χ0) is 25.8. The van der Waals surface area contributed by atoms with E-state index >= 15 is 0 Å². The molecule has 194 valence electrons. The number of nitrogens with zero attached hydrogens (tertiary/aromatic N) is 1. The molecule has 10 nitrogen and oxygen atoms in total. The van der Waals surface area contributed by atoms with Crippen molar-refractivity contribution in [3.05, 3.63) is 48.6 Å². The number of benzene rings is 1. The fourth-order valence-corrected chi connectivity index (χ4v) is 5.47. The van der Waals surface area contributed by atoms with Crippen molar-refractivity contribution in [2.75, 3.05) is 26.4 Å². The largest absolute Gasteiger partial charge is 0.481 e. The number of aliphatic carboxylic acids is 1. The number of phosphoric ester groups is 1. The summed E-state index contributed by atoms with van der Waals surface area (Å²) in [7, 11) is -3.59. The Labute approximate surface area is 206 Å². The van der Waals surface area contributed by atoms with Gasteiger partial charge in [0.1, 0.15) is 6.29 Å². The van der Waals surface area contributed by atoms with Gasteiger partial charge in [0.2, 0.25) is 5.91 Å². The van der Waals surface area contributed by atoms with E-state index in [2.05, 4.69) is 11.9 Å². The molecule has 35 heavy (non-hydrogen) atoms. The molecule has 2 N–H and O–H groups in total. The molecule has 11 heteroatoms. The number of carbonyl (C=O) groups is 3. The third kappa shape index (κ3) is 7.81. The van der Waals surface area contributed by atoms with Crippen molar-refractivity contribution in [2.24, 2.45) is 11.8 Å². The fraction of sp³-hybridized carbons (Fsp3) is 0.542. The highest BCUT2D eigenvalue weighted by molar-refractivity contribution is 7.48. The Balaban J connectivity index is 1.99. The van der Waals surface area contributed by atoms with Gasteiger partial charge < -0.3 is 15.2 Å². The lowest BCUT2D eigenvalue weighted by Gasteiger charge is -2.26. The van der Waals surface area contributed by atoms with E-state index in [9.17, 15) is 24.1 Å². The van der Waals surface area contributed by atoms with Crippen molar-refractivity contribution in [2.45, 2.75) is 45.3 Å². The van der Waals surface area contributed by atoms with Crippen LogP contribution in [0.2, 0.25) is 0 Å². The number of likely N-dealkylation sites (tertiary alicyclic amines) is 1. The number of carboxylic acid groups (broad SMARTS) is 1. The van der Waals surface area contributed by atoms with E-state index in [1.165, 1.54) is 6.08 Å². The van der Waals surface area contributed by atoms with Crippen LogP contribution in [0.4, 0.5) is 0 Å². The summed E-state index contributed by atoms with van der Waals surface area (Å²) in [5, 5.41) is 12.6. The molecule has 1 aromatic rings. The minimum Gasteiger partial charge on any atom is -0.481 e. The lowest BCUT2D eigenvalue weighted by Crippen LogP contribution is -2.43. The first-order chi connectivity index (χ1) is 16.8. The Kier molecular flexibility index (Phi) is 11.8. The monoisotopic (exact) mass is 510 g/mol. The minimum atomic E-state index is -3.59. The van der Waals surface area contributed by atoms with E-state index in [0.29, 0.717) is 25.7 Å². The normalized spacial score (nSPS) is 22.6. The second-order valence-corrected chi connectivity index (χ2v) is 9.68. The molecule has 0 radical (unpaired) electrons. The van der Waals surface area contributed by atoms with Gasteiger partial charge in [0.15, 0.2) is 0 Å². The summed E-state index contributed by atoms with van der Waals surface area (Å²) < 4.78 is 27.6. The number of hydrogen-bond donors (Lipinski definition) is 2. The van der Waals surface area contributed by atoms with E-state index < -0.39 is 43.6 Å². The zero-order valence-electron chi connectivity index (χ0n) is 20.2. The Bertz CT molecular complexity index is 887. The molecule has 1 heterocycles. The summed E-state index contributed by atoms with van der Waals surface area (Å²) in [5.74, 6) is -3.84. The van der Waals surface area contributed by atoms with Crippen LogP contribution in [-0.2, 0) is 39.1 Å². The number of rotatable bonds is 16. The molecule has 1 amide bonds. The maximum absolute atomic E-state index is 13.0. The van der Waals surface area contributed by atoms with Crippen molar-refractivity contribution in [1.29, 1.82) is 0 Å². The lowest BCUT2D eigenvalue weighted by molar-refractivity contribution is -0.146. The molecule has 1 aliphatic heterocycles. The highest BCUT2D eigenvalue weighted by Gasteiger charge is 2.54. The molecule has 0 aromatic heterocycles. The molecule has 1 aromatic carbocycles. The van der Waals surface area contributed by atoms with Crippen molar-refractivity contribution < 1.29 is 37.6 Å². The molecule has 1 aliphatic rings. The van der Waals surface area contributed by atoms with E-state index in [1.54, 1.807) is 18.7 Å². The SMILES string of the molecule is C=CC1C(C(=O)O)C(C(=O)NCCCCOP(=O)(OCC)OCC)C(C=O)N1Cc1ccccc1. The number of hydrogen-bond acceptors (Lipinski definition) is 8. The summed E-state index contributed by atoms with van der Waals surface area (Å²) in [6, 6.07) is 7.74. The molecule has 4 atom stereocenters. The third-order valence-corrected chi connectivity index (χ3v) is 7.41. The Hall–Kier alpha value is -2.36. The van der Waals surface area contributed by atoms with Crippen molar-refractivity contribution in [1.82, 2.24) is 10.2 Å². The van der Waals surface area contributed by atoms with Gasteiger partial charge in [0.05, 0.1) is 37.7 Å². The highest BCUT2D eigenvalue weighted by atomic mass is 31.2. The number of unbranched alkanes of at least 4 members (excludes halogenated alkanes) is 1. The van der Waals surface area contributed by atoms with Crippen molar-refractivity contribution in [3.63, 3.8) is 0 Å². The molecule has 0 bridgehead atoms. The molecular formula is C24H35N2O8P. The first-order valence-electron chi connectivity index (χ1n) is 11.7. The Morgan fingerprint density at radius 1 is 1.09 bits per heavy atom. The van der Waals surface area contributed by atoms with Gasteiger partial charge in [-0.05, 0) is 32.3 Å². The maximum atomic E-state index is 13.0. The molecule has 0 spiro atoms. The second kappa shape index (κ2) is 14.3. The van der Waals surface area contributed by atoms with Crippen LogP contribution >= 0.6 is 7.82 Å². The summed E-state index contributed by atoms with van der Waals surface area (Å²) in [6.45, 7) is 8.15. The number of aldehydes is 1. The van der Waals surface area contributed by atoms with Gasteiger partial charge in [-0.15, -0.1) is 6.58 Å². The van der Waals surface area contributed by atoms with Gasteiger partial charge in [0, 0.05) is 19.1 Å². The molecule has 0 aliphatic carbocycles. The predicted molar refractivity (Wildman–Crippen MR) is 129 cm³/mol. The third-order valence-electron chi connectivity index (χ3n) is 5.76. The Morgan fingerprint density at radius 3 is 2.29 bits per heavy atom. The number of carbonyl (C=O) groups excluding carboxylic acids is 2. The van der Waals surface area contributed by atoms with Gasteiger partial charge in [-0.1, -0.05) is 36.4 Å². The van der Waals surface area contributed by atoms with Gasteiger partial charge in [-0.2, -0.15) is 0 Å². The van der Waals surface area contributed by atoms with Gasteiger partial charge >= 0.3 is 13.8 Å². The topological polar surface area (TPSA) is 131 Å². The van der Waals surface area contributed by atoms with Crippen LogP contribution < -0.4 is 5.32 Å². The quantitative estimate of drug-likeness (QED) is 0.149. The second-order valence-electron chi connectivity index (χ2n) is 8.01. The van der Waals surface area contributed by atoms with Crippen molar-refractivity contribution in [3.8, 4) is 0 Å². The van der Waals surface area contributed by atoms with Gasteiger partial charge in [-0.3, -0.25) is 28.1 Å². The molecule has 4 unspecified atom stereocenters. The van der Waals surface area contributed by atoms with Crippen LogP contribution in [0.25, 0.3) is 0 Å². The molecule has 1 saturated heterocycles. The highest BCUT2D eigenvalue weighted by Crippen LogP contribution is 2.49. The van der Waals surface area contributed by atoms with Crippen LogP contribution in [0, 0.1) is 11.8 Å². The van der Waals surface area contributed by atoms with Crippen molar-refractivity contribution >= 4 is 26.0 Å². The first-order valence-corrected chi connectivity index (χ1v) is 13.2. The Morgan fingerprint density at radius 2 is 1.74 bits per heavy atom. The van der Waals surface area contributed by atoms with E-state index in [1.807, 2.05) is 30.3 Å². The summed E-state index contributed by atoms with van der Waals surface area (Å²) >= 11 is 0. The smallest absolute Gasteiger partial charge is 0.474 e. The molecule has 1 fully saturated rings. The lowest BCUT2D eigenvalue weighted by atomic mass is 9.86. The van der Waals surface area contributed by atoms with E-state index in [0.717, 1.165) is 5.56 Å². The minimum absolute atomic E-state index is 0.106. The molecular weight excluding hydrogens is 475 g/mol. The molecule has 0 saturated carbocycles. The summed E-state index contributed by atoms with van der Waals surface area (Å²) in [6.07, 6.45) is 3.07. The van der Waals surface area contributed by atoms with Crippen LogP contribution in [0.1, 0.15) is 32.3 Å². The average Bonchev–Trinajstić information content (AvgIpc) is 3.15. The number of nitrogens with one attached hydrogen (secondary N) is 1. The van der Waals surface area contributed by atoms with Crippen LogP contribution in [-0.4, -0.2) is 66.6 Å². The zero-order valence-corrected chi connectivity index (χ0v) is 21.1. The van der Waals surface area contributed by atoms with E-state index in [4.69, 9.17) is 13.6 Å². The maximum Gasteiger partial charge on any atom is 0.474 e. The summed E-state index contributed by atoms with van der Waals surface area (Å²) in [4.78, 5) is 38.9. The number of carboxylic acids is 1. The average molecular weight is 511 g/mol. The van der Waals surface area contributed by atoms with Crippen LogP contribution in [0.5, 0.6) is 0 Å². The first kappa shape index (κ1) is 28.9. The van der Waals surface area contributed by atoms with Crippen LogP contribution in [0.3, 0.4) is 0 Å². The van der Waals surface area contributed by atoms with E-state index in [-0.39, 0.29) is 26.4 Å².